The van der Waals surface area contributed by atoms with Crippen LogP contribution in [0.15, 0.2) is 60.8 Å². The van der Waals surface area contributed by atoms with Gasteiger partial charge in [0.15, 0.2) is 6.10 Å². The molecule has 0 aromatic rings. The Labute approximate surface area is 373 Å². The van der Waals surface area contributed by atoms with Gasteiger partial charge in [0, 0.05) is 19.4 Å². The van der Waals surface area contributed by atoms with E-state index in [1.54, 1.807) is 0 Å². The quantitative estimate of drug-likeness (QED) is 0.0347. The molecule has 0 saturated carbocycles. The van der Waals surface area contributed by atoms with Gasteiger partial charge in [0.25, 0.3) is 0 Å². The van der Waals surface area contributed by atoms with E-state index in [2.05, 4.69) is 81.5 Å². The molecule has 60 heavy (non-hydrogen) atoms. The standard InChI is InChI=1S/C55H98O5/c1-4-7-10-13-16-19-21-23-25-27-29-31-33-35-38-41-44-47-50-58-51-53(60-55(57)49-46-43-40-36-18-15-12-9-6-3)52-59-54(56)48-45-42-39-37-34-32-30-28-26-24-22-20-17-14-11-8-5-2/h7,10,16-17,19-20,23-26,53H,4-6,8-9,11-15,18,21-22,27-52H2,1-3H3/b10-7-,19-16-,20-17-,25-23-,26-24-. The normalized spacial score (nSPS) is 12.7. The van der Waals surface area contributed by atoms with Gasteiger partial charge in [-0.05, 0) is 83.5 Å². The maximum absolute atomic E-state index is 12.7. The molecular formula is C55H98O5. The van der Waals surface area contributed by atoms with E-state index >= 15 is 0 Å². The fourth-order valence-corrected chi connectivity index (χ4v) is 7.20. The lowest BCUT2D eigenvalue weighted by Gasteiger charge is -2.18. The van der Waals surface area contributed by atoms with Gasteiger partial charge in [0.1, 0.15) is 6.61 Å². The first-order valence-corrected chi connectivity index (χ1v) is 25.8. The first kappa shape index (κ1) is 57.6. The van der Waals surface area contributed by atoms with Gasteiger partial charge in [-0.15, -0.1) is 0 Å². The van der Waals surface area contributed by atoms with Gasteiger partial charge >= 0.3 is 11.9 Å². The van der Waals surface area contributed by atoms with Crippen molar-refractivity contribution in [3.63, 3.8) is 0 Å². The smallest absolute Gasteiger partial charge is 0.306 e. The summed E-state index contributed by atoms with van der Waals surface area (Å²) in [5.41, 5.74) is 0. The number of unbranched alkanes of at least 4 members (excludes halogenated alkanes) is 26. The molecule has 0 aliphatic heterocycles. The molecule has 0 N–H and O–H groups in total. The molecule has 5 heteroatoms. The predicted octanol–water partition coefficient (Wildman–Crippen LogP) is 17.3. The molecular weight excluding hydrogens is 741 g/mol. The number of carbonyl (C=O) groups excluding carboxylic acids is 2. The van der Waals surface area contributed by atoms with Crippen molar-refractivity contribution in [2.24, 2.45) is 0 Å². The molecule has 0 aromatic carbocycles. The highest BCUT2D eigenvalue weighted by Crippen LogP contribution is 2.14. The third kappa shape index (κ3) is 48.3. The highest BCUT2D eigenvalue weighted by atomic mass is 16.6. The summed E-state index contributed by atoms with van der Waals surface area (Å²) in [7, 11) is 0. The molecule has 1 atom stereocenters. The van der Waals surface area contributed by atoms with Crippen molar-refractivity contribution in [2.45, 2.75) is 258 Å². The van der Waals surface area contributed by atoms with Crippen molar-refractivity contribution < 1.29 is 23.8 Å². The minimum Gasteiger partial charge on any atom is -0.462 e. The Hall–Kier alpha value is -2.40. The summed E-state index contributed by atoms with van der Waals surface area (Å²) in [6, 6.07) is 0. The minimum absolute atomic E-state index is 0.0792. The summed E-state index contributed by atoms with van der Waals surface area (Å²) in [5.74, 6) is -0.406. The van der Waals surface area contributed by atoms with Gasteiger partial charge < -0.3 is 14.2 Å². The van der Waals surface area contributed by atoms with Gasteiger partial charge in [-0.1, -0.05) is 216 Å². The zero-order valence-electron chi connectivity index (χ0n) is 40.0. The fourth-order valence-electron chi connectivity index (χ4n) is 7.20. The summed E-state index contributed by atoms with van der Waals surface area (Å²) in [6.07, 6.45) is 63.7. The van der Waals surface area contributed by atoms with E-state index in [1.165, 1.54) is 148 Å². The van der Waals surface area contributed by atoms with Crippen LogP contribution in [0, 0.1) is 0 Å². The first-order valence-electron chi connectivity index (χ1n) is 25.8. The fraction of sp³-hybridized carbons (Fsp3) is 0.782. The van der Waals surface area contributed by atoms with Crippen LogP contribution in [-0.2, 0) is 23.8 Å². The lowest BCUT2D eigenvalue weighted by atomic mass is 10.1. The van der Waals surface area contributed by atoms with Gasteiger partial charge in [-0.3, -0.25) is 9.59 Å². The maximum atomic E-state index is 12.7. The molecule has 1 unspecified atom stereocenters. The van der Waals surface area contributed by atoms with Crippen molar-refractivity contribution >= 4 is 11.9 Å². The van der Waals surface area contributed by atoms with Crippen LogP contribution in [0.2, 0.25) is 0 Å². The number of hydrogen-bond acceptors (Lipinski definition) is 5. The van der Waals surface area contributed by atoms with E-state index < -0.39 is 6.10 Å². The second-order valence-electron chi connectivity index (χ2n) is 17.0. The molecule has 0 aliphatic carbocycles. The van der Waals surface area contributed by atoms with E-state index in [0.29, 0.717) is 19.4 Å². The van der Waals surface area contributed by atoms with Crippen LogP contribution in [0.3, 0.4) is 0 Å². The van der Waals surface area contributed by atoms with Crippen molar-refractivity contribution in [1.29, 1.82) is 0 Å². The van der Waals surface area contributed by atoms with E-state index in [4.69, 9.17) is 14.2 Å². The van der Waals surface area contributed by atoms with Crippen LogP contribution in [0.1, 0.15) is 252 Å². The van der Waals surface area contributed by atoms with Crippen LogP contribution in [0.25, 0.3) is 0 Å². The first-order chi connectivity index (χ1) is 29.6. The molecule has 348 valence electrons. The Balaban J connectivity index is 4.19. The van der Waals surface area contributed by atoms with Crippen LogP contribution in [0.5, 0.6) is 0 Å². The summed E-state index contributed by atoms with van der Waals surface area (Å²) >= 11 is 0. The minimum atomic E-state index is -0.541. The summed E-state index contributed by atoms with van der Waals surface area (Å²) in [6.45, 7) is 7.67. The average molecular weight is 839 g/mol. The average Bonchev–Trinajstić information content (AvgIpc) is 3.25. The zero-order valence-corrected chi connectivity index (χ0v) is 40.0. The Kier molecular flexibility index (Phi) is 48.9. The maximum Gasteiger partial charge on any atom is 0.306 e. The Morgan fingerprint density at radius 3 is 1.23 bits per heavy atom. The lowest BCUT2D eigenvalue weighted by Crippen LogP contribution is -2.30. The molecule has 0 spiro atoms. The number of ether oxygens (including phenoxy) is 3. The van der Waals surface area contributed by atoms with Gasteiger partial charge in [0.05, 0.1) is 6.61 Å². The summed E-state index contributed by atoms with van der Waals surface area (Å²) < 4.78 is 17.4. The van der Waals surface area contributed by atoms with Crippen LogP contribution < -0.4 is 0 Å². The third-order valence-corrected chi connectivity index (χ3v) is 11.0. The van der Waals surface area contributed by atoms with Crippen LogP contribution in [-0.4, -0.2) is 37.9 Å². The van der Waals surface area contributed by atoms with Crippen LogP contribution >= 0.6 is 0 Å². The van der Waals surface area contributed by atoms with Gasteiger partial charge in [-0.2, -0.15) is 0 Å². The Morgan fingerprint density at radius 1 is 0.383 bits per heavy atom. The van der Waals surface area contributed by atoms with Crippen molar-refractivity contribution in [3.05, 3.63) is 60.8 Å². The molecule has 0 heterocycles. The third-order valence-electron chi connectivity index (χ3n) is 11.0. The number of allylic oxidation sites excluding steroid dienone is 10. The number of hydrogen-bond donors (Lipinski definition) is 0. The van der Waals surface area contributed by atoms with Crippen molar-refractivity contribution in [1.82, 2.24) is 0 Å². The van der Waals surface area contributed by atoms with Crippen molar-refractivity contribution in [3.8, 4) is 0 Å². The molecule has 0 rings (SSSR count). The highest BCUT2D eigenvalue weighted by Gasteiger charge is 2.17. The molecule has 5 nitrogen and oxygen atoms in total. The summed E-state index contributed by atoms with van der Waals surface area (Å²) in [5, 5.41) is 0. The summed E-state index contributed by atoms with van der Waals surface area (Å²) in [4.78, 5) is 25.3. The molecule has 0 radical (unpaired) electrons. The van der Waals surface area contributed by atoms with E-state index in [1.807, 2.05) is 0 Å². The number of carbonyl (C=O) groups is 2. The molecule has 0 aromatic heterocycles. The molecule has 0 amide bonds. The number of rotatable bonds is 47. The topological polar surface area (TPSA) is 61.8 Å². The van der Waals surface area contributed by atoms with Gasteiger partial charge in [0.2, 0.25) is 0 Å². The second kappa shape index (κ2) is 51.0. The molecule has 0 aliphatic rings. The second-order valence-corrected chi connectivity index (χ2v) is 17.0. The number of esters is 2. The van der Waals surface area contributed by atoms with E-state index in [9.17, 15) is 9.59 Å². The Bertz CT molecular complexity index is 1040. The van der Waals surface area contributed by atoms with Gasteiger partial charge in [-0.25, -0.2) is 0 Å². The Morgan fingerprint density at radius 2 is 0.750 bits per heavy atom. The predicted molar refractivity (Wildman–Crippen MR) is 261 cm³/mol. The lowest BCUT2D eigenvalue weighted by molar-refractivity contribution is -0.163. The monoisotopic (exact) mass is 839 g/mol. The zero-order chi connectivity index (χ0) is 43.5. The largest absolute Gasteiger partial charge is 0.462 e. The van der Waals surface area contributed by atoms with E-state index in [0.717, 1.165) is 70.6 Å². The SMILES string of the molecule is CC/C=C\C/C=C\C/C=C\CCCCCCCCCCOCC(COC(=O)CCCCCCCCC/C=C\C/C=C\CCCCC)OC(=O)CCCCCCCCCCC. The molecule has 0 fully saturated rings. The molecule has 0 saturated heterocycles. The highest BCUT2D eigenvalue weighted by molar-refractivity contribution is 5.70. The van der Waals surface area contributed by atoms with Crippen molar-refractivity contribution in [2.75, 3.05) is 19.8 Å². The molecule has 0 bridgehead atoms. The van der Waals surface area contributed by atoms with Crippen LogP contribution in [0.4, 0.5) is 0 Å². The van der Waals surface area contributed by atoms with E-state index in [-0.39, 0.29) is 25.2 Å².